The van der Waals surface area contributed by atoms with E-state index < -0.39 is 0 Å². The van der Waals surface area contributed by atoms with E-state index >= 15 is 0 Å². The topological polar surface area (TPSA) is 24.1 Å². The van der Waals surface area contributed by atoms with Crippen molar-refractivity contribution >= 4 is 11.4 Å². The fourth-order valence-corrected chi connectivity index (χ4v) is 1.12. The molecule has 72 valence electrons. The minimum atomic E-state index is 0.542. The lowest BCUT2D eigenvalue weighted by molar-refractivity contribution is 0.764. The van der Waals surface area contributed by atoms with Gasteiger partial charge in [-0.3, -0.25) is 0 Å². The van der Waals surface area contributed by atoms with E-state index in [2.05, 4.69) is 48.7 Å². The standard InChI is InChI=1S/C11H18N2/c1-4-9(2)13-11-7-5-10(12-3)6-8-11/h5-9,12-13H,4H2,1-3H3. The lowest BCUT2D eigenvalue weighted by Crippen LogP contribution is -2.13. The third-order valence-corrected chi connectivity index (χ3v) is 2.20. The highest BCUT2D eigenvalue weighted by Crippen LogP contribution is 2.14. The van der Waals surface area contributed by atoms with Crippen LogP contribution < -0.4 is 10.6 Å². The Labute approximate surface area is 80.4 Å². The molecule has 0 bridgehead atoms. The Kier molecular flexibility index (Phi) is 3.62. The normalized spacial score (nSPS) is 12.2. The quantitative estimate of drug-likeness (QED) is 0.740. The first kappa shape index (κ1) is 9.90. The summed E-state index contributed by atoms with van der Waals surface area (Å²) in [5.74, 6) is 0. The molecule has 1 unspecified atom stereocenters. The Balaban J connectivity index is 2.58. The van der Waals surface area contributed by atoms with Crippen LogP contribution in [0.2, 0.25) is 0 Å². The van der Waals surface area contributed by atoms with Gasteiger partial charge in [0.05, 0.1) is 0 Å². The number of benzene rings is 1. The van der Waals surface area contributed by atoms with E-state index in [1.165, 1.54) is 5.69 Å². The minimum absolute atomic E-state index is 0.542. The van der Waals surface area contributed by atoms with Crippen molar-refractivity contribution in [3.05, 3.63) is 24.3 Å². The molecule has 1 aromatic carbocycles. The van der Waals surface area contributed by atoms with Crippen molar-refractivity contribution in [2.24, 2.45) is 0 Å². The molecule has 1 rings (SSSR count). The first-order valence-corrected chi connectivity index (χ1v) is 4.80. The van der Waals surface area contributed by atoms with Crippen LogP contribution in [0.3, 0.4) is 0 Å². The Morgan fingerprint density at radius 2 is 1.69 bits per heavy atom. The average Bonchev–Trinajstić information content (AvgIpc) is 2.19. The summed E-state index contributed by atoms with van der Waals surface area (Å²) in [6.45, 7) is 4.37. The zero-order valence-electron chi connectivity index (χ0n) is 8.59. The van der Waals surface area contributed by atoms with Gasteiger partial charge in [-0.15, -0.1) is 0 Å². The molecule has 0 amide bonds. The van der Waals surface area contributed by atoms with Crippen LogP contribution in [0, 0.1) is 0 Å². The van der Waals surface area contributed by atoms with Gasteiger partial charge < -0.3 is 10.6 Å². The van der Waals surface area contributed by atoms with Crippen molar-refractivity contribution in [2.75, 3.05) is 17.7 Å². The second-order valence-corrected chi connectivity index (χ2v) is 3.28. The molecular weight excluding hydrogens is 160 g/mol. The van der Waals surface area contributed by atoms with Crippen molar-refractivity contribution in [3.8, 4) is 0 Å². The van der Waals surface area contributed by atoms with Gasteiger partial charge in [-0.1, -0.05) is 6.92 Å². The first-order valence-electron chi connectivity index (χ1n) is 4.80. The lowest BCUT2D eigenvalue weighted by atomic mass is 10.2. The van der Waals surface area contributed by atoms with Crippen LogP contribution in [0.5, 0.6) is 0 Å². The molecule has 0 saturated carbocycles. The van der Waals surface area contributed by atoms with Crippen LogP contribution >= 0.6 is 0 Å². The first-order chi connectivity index (χ1) is 6.26. The second kappa shape index (κ2) is 4.75. The van der Waals surface area contributed by atoms with E-state index in [0.717, 1.165) is 12.1 Å². The average molecular weight is 178 g/mol. The smallest absolute Gasteiger partial charge is 0.0343 e. The van der Waals surface area contributed by atoms with E-state index in [4.69, 9.17) is 0 Å². The van der Waals surface area contributed by atoms with Crippen LogP contribution in [0.15, 0.2) is 24.3 Å². The molecule has 2 N–H and O–H groups in total. The van der Waals surface area contributed by atoms with E-state index in [1.54, 1.807) is 0 Å². The van der Waals surface area contributed by atoms with Crippen molar-refractivity contribution in [2.45, 2.75) is 26.3 Å². The van der Waals surface area contributed by atoms with Gasteiger partial charge in [0.25, 0.3) is 0 Å². The summed E-state index contributed by atoms with van der Waals surface area (Å²) in [7, 11) is 1.93. The lowest BCUT2D eigenvalue weighted by Gasteiger charge is -2.13. The molecule has 0 aliphatic heterocycles. The number of nitrogens with one attached hydrogen (secondary N) is 2. The molecule has 2 heteroatoms. The zero-order valence-corrected chi connectivity index (χ0v) is 8.59. The molecule has 13 heavy (non-hydrogen) atoms. The van der Waals surface area contributed by atoms with Gasteiger partial charge in [0.15, 0.2) is 0 Å². The summed E-state index contributed by atoms with van der Waals surface area (Å²) in [5.41, 5.74) is 2.34. The maximum atomic E-state index is 3.42. The highest BCUT2D eigenvalue weighted by Gasteiger charge is 1.97. The number of rotatable bonds is 4. The fourth-order valence-electron chi connectivity index (χ4n) is 1.12. The predicted octanol–water partition coefficient (Wildman–Crippen LogP) is 2.94. The van der Waals surface area contributed by atoms with E-state index in [-0.39, 0.29) is 0 Å². The number of hydrogen-bond donors (Lipinski definition) is 2. The van der Waals surface area contributed by atoms with Crippen LogP contribution in [0.1, 0.15) is 20.3 Å². The largest absolute Gasteiger partial charge is 0.388 e. The summed E-state index contributed by atoms with van der Waals surface area (Å²) >= 11 is 0. The molecule has 0 saturated heterocycles. The number of hydrogen-bond acceptors (Lipinski definition) is 2. The van der Waals surface area contributed by atoms with Crippen molar-refractivity contribution in [1.29, 1.82) is 0 Å². The maximum Gasteiger partial charge on any atom is 0.0343 e. The third-order valence-electron chi connectivity index (χ3n) is 2.20. The van der Waals surface area contributed by atoms with Gasteiger partial charge in [-0.25, -0.2) is 0 Å². The van der Waals surface area contributed by atoms with Gasteiger partial charge in [-0.2, -0.15) is 0 Å². The Bertz CT molecular complexity index is 241. The van der Waals surface area contributed by atoms with E-state index in [1.807, 2.05) is 7.05 Å². The van der Waals surface area contributed by atoms with E-state index in [9.17, 15) is 0 Å². The predicted molar refractivity (Wildman–Crippen MR) is 59.4 cm³/mol. The summed E-state index contributed by atoms with van der Waals surface area (Å²) in [4.78, 5) is 0. The minimum Gasteiger partial charge on any atom is -0.388 e. The van der Waals surface area contributed by atoms with Crippen LogP contribution in [-0.4, -0.2) is 13.1 Å². The molecule has 1 atom stereocenters. The highest BCUT2D eigenvalue weighted by molar-refractivity contribution is 5.53. The molecule has 0 fully saturated rings. The zero-order chi connectivity index (χ0) is 9.68. The molecular formula is C11H18N2. The molecule has 0 aromatic heterocycles. The van der Waals surface area contributed by atoms with Crippen LogP contribution in [0.25, 0.3) is 0 Å². The molecule has 2 nitrogen and oxygen atoms in total. The van der Waals surface area contributed by atoms with Gasteiger partial charge in [0.2, 0.25) is 0 Å². The van der Waals surface area contributed by atoms with Crippen molar-refractivity contribution in [1.82, 2.24) is 0 Å². The third kappa shape index (κ3) is 2.98. The summed E-state index contributed by atoms with van der Waals surface area (Å²) in [5, 5.41) is 6.51. The second-order valence-electron chi connectivity index (χ2n) is 3.28. The maximum absolute atomic E-state index is 3.42. The van der Waals surface area contributed by atoms with Gasteiger partial charge in [0.1, 0.15) is 0 Å². The summed E-state index contributed by atoms with van der Waals surface area (Å²) in [6, 6.07) is 8.88. The highest BCUT2D eigenvalue weighted by atomic mass is 14.9. The molecule has 1 aromatic rings. The van der Waals surface area contributed by atoms with Gasteiger partial charge >= 0.3 is 0 Å². The monoisotopic (exact) mass is 178 g/mol. The summed E-state index contributed by atoms with van der Waals surface area (Å²) < 4.78 is 0. The molecule has 0 radical (unpaired) electrons. The molecule has 0 spiro atoms. The molecule has 0 heterocycles. The SMILES string of the molecule is CCC(C)Nc1ccc(NC)cc1. The van der Waals surface area contributed by atoms with Crippen molar-refractivity contribution in [3.63, 3.8) is 0 Å². The Morgan fingerprint density at radius 1 is 1.15 bits per heavy atom. The van der Waals surface area contributed by atoms with Gasteiger partial charge in [-0.05, 0) is 37.6 Å². The van der Waals surface area contributed by atoms with E-state index in [0.29, 0.717) is 6.04 Å². The van der Waals surface area contributed by atoms with Crippen LogP contribution in [0.4, 0.5) is 11.4 Å². The molecule has 0 aliphatic carbocycles. The number of anilines is 2. The fraction of sp³-hybridized carbons (Fsp3) is 0.455. The van der Waals surface area contributed by atoms with Crippen LogP contribution in [-0.2, 0) is 0 Å². The Hall–Kier alpha value is -1.18. The molecule has 0 aliphatic rings. The van der Waals surface area contributed by atoms with Crippen molar-refractivity contribution < 1.29 is 0 Å². The Morgan fingerprint density at radius 3 is 2.15 bits per heavy atom. The van der Waals surface area contributed by atoms with Gasteiger partial charge in [0, 0.05) is 24.5 Å². The summed E-state index contributed by atoms with van der Waals surface area (Å²) in [6.07, 6.45) is 1.15.